The molecule has 0 aliphatic heterocycles. The average Bonchev–Trinajstić information content (AvgIpc) is 2.57. The quantitative estimate of drug-likeness (QED) is 0.551. The first-order chi connectivity index (χ1) is 11.0. The number of carbonyl (C=O) groups excluding carboxylic acids is 3. The fourth-order valence-electron chi connectivity index (χ4n) is 2.51. The van der Waals surface area contributed by atoms with E-state index in [4.69, 9.17) is 4.74 Å². The molecule has 3 rings (SSSR count). The molecule has 4 nitrogen and oxygen atoms in total. The molecule has 0 spiro atoms. The highest BCUT2D eigenvalue weighted by atomic mass is 16.5. The summed E-state index contributed by atoms with van der Waals surface area (Å²) in [6.07, 6.45) is 0. The van der Waals surface area contributed by atoms with Crippen LogP contribution in [0.2, 0.25) is 0 Å². The summed E-state index contributed by atoms with van der Waals surface area (Å²) in [6.45, 7) is 5.10. The minimum Gasteiger partial charge on any atom is -0.457 e. The van der Waals surface area contributed by atoms with Gasteiger partial charge in [0.05, 0.1) is 0 Å². The maximum Gasteiger partial charge on any atom is 0.333 e. The molecule has 23 heavy (non-hydrogen) atoms. The van der Waals surface area contributed by atoms with Gasteiger partial charge in [-0.15, -0.1) is 0 Å². The summed E-state index contributed by atoms with van der Waals surface area (Å²) in [5, 5.41) is 0. The van der Waals surface area contributed by atoms with E-state index in [1.807, 2.05) is 0 Å². The number of rotatable bonds is 3. The molecule has 0 heterocycles. The van der Waals surface area contributed by atoms with E-state index >= 15 is 0 Å². The van der Waals surface area contributed by atoms with Crippen LogP contribution in [0.15, 0.2) is 54.6 Å². The molecule has 0 saturated carbocycles. The zero-order chi connectivity index (χ0) is 16.6. The molecule has 0 atom stereocenters. The van der Waals surface area contributed by atoms with Gasteiger partial charge in [-0.2, -0.15) is 0 Å². The van der Waals surface area contributed by atoms with Crippen molar-refractivity contribution in [2.24, 2.45) is 0 Å². The minimum atomic E-state index is -0.490. The lowest BCUT2D eigenvalue weighted by atomic mass is 9.83. The third-order valence-corrected chi connectivity index (χ3v) is 3.71. The minimum absolute atomic E-state index is 0.0299. The van der Waals surface area contributed by atoms with Crippen molar-refractivity contribution in [2.75, 3.05) is 0 Å². The molecule has 1 aliphatic rings. The standard InChI is InChI=1S/C19H14O4/c1-11(2)19(22)23-10-12-7-8-15-16(9-12)18(21)14-6-4-3-5-13(14)17(15)20/h3-9H,1,10H2,2H3. The molecule has 0 N–H and O–H groups in total. The first-order valence-corrected chi connectivity index (χ1v) is 7.13. The molecule has 2 aromatic rings. The summed E-state index contributed by atoms with van der Waals surface area (Å²) in [6, 6.07) is 11.7. The second kappa shape index (κ2) is 5.65. The average molecular weight is 306 g/mol. The molecule has 0 unspecified atom stereocenters. The third kappa shape index (κ3) is 2.59. The Hall–Kier alpha value is -3.01. The fourth-order valence-corrected chi connectivity index (χ4v) is 2.51. The molecular formula is C19H14O4. The fraction of sp³-hybridized carbons (Fsp3) is 0.105. The van der Waals surface area contributed by atoms with Crippen molar-refractivity contribution >= 4 is 17.5 Å². The van der Waals surface area contributed by atoms with Gasteiger partial charge in [0.2, 0.25) is 0 Å². The van der Waals surface area contributed by atoms with Gasteiger partial charge in [0.1, 0.15) is 6.61 Å². The molecule has 114 valence electrons. The number of carbonyl (C=O) groups is 3. The second-order valence-electron chi connectivity index (χ2n) is 5.44. The summed E-state index contributed by atoms with van der Waals surface area (Å²) in [7, 11) is 0. The normalized spacial score (nSPS) is 12.4. The Labute approximate surface area is 133 Å². The van der Waals surface area contributed by atoms with Gasteiger partial charge < -0.3 is 4.74 Å². The van der Waals surface area contributed by atoms with Crippen molar-refractivity contribution < 1.29 is 19.1 Å². The second-order valence-corrected chi connectivity index (χ2v) is 5.44. The lowest BCUT2D eigenvalue weighted by Crippen LogP contribution is -2.21. The van der Waals surface area contributed by atoms with Crippen LogP contribution in [0.1, 0.15) is 44.3 Å². The van der Waals surface area contributed by atoms with Crippen LogP contribution in [-0.4, -0.2) is 17.5 Å². The zero-order valence-electron chi connectivity index (χ0n) is 12.6. The van der Waals surface area contributed by atoms with E-state index in [9.17, 15) is 14.4 Å². The number of fused-ring (bicyclic) bond motifs is 2. The van der Waals surface area contributed by atoms with Crippen LogP contribution in [-0.2, 0) is 16.1 Å². The highest BCUT2D eigenvalue weighted by molar-refractivity contribution is 6.28. The lowest BCUT2D eigenvalue weighted by molar-refractivity contribution is -0.140. The molecule has 0 fully saturated rings. The van der Waals surface area contributed by atoms with Crippen LogP contribution < -0.4 is 0 Å². The van der Waals surface area contributed by atoms with Crippen LogP contribution in [0.5, 0.6) is 0 Å². The molecule has 4 heteroatoms. The maximum atomic E-state index is 12.6. The Morgan fingerprint density at radius 1 is 0.957 bits per heavy atom. The van der Waals surface area contributed by atoms with E-state index in [2.05, 4.69) is 6.58 Å². The number of hydrogen-bond acceptors (Lipinski definition) is 4. The van der Waals surface area contributed by atoms with Crippen molar-refractivity contribution in [1.82, 2.24) is 0 Å². The Morgan fingerprint density at radius 3 is 2.13 bits per heavy atom. The van der Waals surface area contributed by atoms with Crippen molar-refractivity contribution in [3.63, 3.8) is 0 Å². The van der Waals surface area contributed by atoms with Crippen molar-refractivity contribution in [1.29, 1.82) is 0 Å². The molecule has 0 amide bonds. The Morgan fingerprint density at radius 2 is 1.52 bits per heavy atom. The van der Waals surface area contributed by atoms with Gasteiger partial charge in [-0.05, 0) is 24.6 Å². The highest BCUT2D eigenvalue weighted by Crippen LogP contribution is 2.28. The van der Waals surface area contributed by atoms with E-state index in [0.29, 0.717) is 33.4 Å². The number of esters is 1. The largest absolute Gasteiger partial charge is 0.457 e. The summed E-state index contributed by atoms with van der Waals surface area (Å²) in [4.78, 5) is 36.5. The van der Waals surface area contributed by atoms with Crippen LogP contribution in [0.3, 0.4) is 0 Å². The van der Waals surface area contributed by atoms with E-state index in [0.717, 1.165) is 0 Å². The maximum absolute atomic E-state index is 12.6. The van der Waals surface area contributed by atoms with E-state index in [1.165, 1.54) is 0 Å². The van der Waals surface area contributed by atoms with Crippen LogP contribution in [0.4, 0.5) is 0 Å². The molecule has 1 aliphatic carbocycles. The molecular weight excluding hydrogens is 292 g/mol. The van der Waals surface area contributed by atoms with Gasteiger partial charge in [0, 0.05) is 27.8 Å². The first-order valence-electron chi connectivity index (χ1n) is 7.13. The Balaban J connectivity index is 1.94. The molecule has 0 radical (unpaired) electrons. The van der Waals surface area contributed by atoms with Crippen molar-refractivity contribution in [2.45, 2.75) is 13.5 Å². The number of hydrogen-bond donors (Lipinski definition) is 0. The van der Waals surface area contributed by atoms with Gasteiger partial charge in [-0.3, -0.25) is 9.59 Å². The van der Waals surface area contributed by atoms with Gasteiger partial charge in [0.25, 0.3) is 0 Å². The Bertz CT molecular complexity index is 861. The Kier molecular flexibility index (Phi) is 3.66. The molecule has 0 saturated heterocycles. The third-order valence-electron chi connectivity index (χ3n) is 3.71. The SMILES string of the molecule is C=C(C)C(=O)OCc1ccc2c(c1)C(=O)c1ccccc1C2=O. The van der Waals surface area contributed by atoms with Crippen LogP contribution in [0.25, 0.3) is 0 Å². The van der Waals surface area contributed by atoms with E-state index < -0.39 is 5.97 Å². The van der Waals surface area contributed by atoms with Gasteiger partial charge in [0.15, 0.2) is 11.6 Å². The highest BCUT2D eigenvalue weighted by Gasteiger charge is 2.29. The van der Waals surface area contributed by atoms with E-state index in [1.54, 1.807) is 49.4 Å². The van der Waals surface area contributed by atoms with Crippen molar-refractivity contribution in [3.8, 4) is 0 Å². The molecule has 0 aromatic heterocycles. The van der Waals surface area contributed by atoms with Gasteiger partial charge in [-0.1, -0.05) is 36.9 Å². The van der Waals surface area contributed by atoms with Gasteiger partial charge in [-0.25, -0.2) is 4.79 Å². The van der Waals surface area contributed by atoms with Crippen LogP contribution >= 0.6 is 0 Å². The first kappa shape index (κ1) is 14.9. The lowest BCUT2D eigenvalue weighted by Gasteiger charge is -2.18. The number of ether oxygens (including phenoxy) is 1. The van der Waals surface area contributed by atoms with E-state index in [-0.39, 0.29) is 18.2 Å². The number of benzene rings is 2. The summed E-state index contributed by atoms with van der Waals surface area (Å²) in [5.74, 6) is -0.848. The predicted molar refractivity (Wildman–Crippen MR) is 84.4 cm³/mol. The predicted octanol–water partition coefficient (Wildman–Crippen LogP) is 3.08. The summed E-state index contributed by atoms with van der Waals surface area (Å²) >= 11 is 0. The summed E-state index contributed by atoms with van der Waals surface area (Å²) < 4.78 is 5.08. The molecule has 0 bridgehead atoms. The smallest absolute Gasteiger partial charge is 0.333 e. The van der Waals surface area contributed by atoms with Crippen molar-refractivity contribution in [3.05, 3.63) is 82.4 Å². The van der Waals surface area contributed by atoms with Gasteiger partial charge >= 0.3 is 5.97 Å². The summed E-state index contributed by atoms with van der Waals surface area (Å²) in [5.41, 5.74) is 2.51. The topological polar surface area (TPSA) is 60.4 Å². The monoisotopic (exact) mass is 306 g/mol. The zero-order valence-corrected chi connectivity index (χ0v) is 12.6. The molecule has 2 aromatic carbocycles. The van der Waals surface area contributed by atoms with Crippen LogP contribution in [0, 0.1) is 0 Å². The number of ketones is 2.